The molecule has 3 heterocycles. The van der Waals surface area contributed by atoms with Gasteiger partial charge in [0.2, 0.25) is 0 Å². The van der Waals surface area contributed by atoms with Crippen molar-refractivity contribution in [1.29, 1.82) is 0 Å². The standard InChI is InChI=1S/C43H25N3O2/c1-3-11-26(12-4-1)30-24-35(39-33-17-9-10-18-36(33)47-38(39)25-30)43-45-41(28-14-5-2-6-15-28)44-42(46-43)29-20-22-37-34(23-29)32-21-19-27-13-7-8-16-31(27)40(32)48-37/h1-25H/i7D,8D,13D,16D,19D,20D,21D,22D,23D. The Morgan fingerprint density at radius 3 is 2.04 bits per heavy atom. The maximum atomic E-state index is 9.60. The van der Waals surface area contributed by atoms with Gasteiger partial charge in [-0.05, 0) is 58.9 Å². The number of furan rings is 2. The Bertz CT molecular complexity index is 3350. The summed E-state index contributed by atoms with van der Waals surface area (Å²) < 4.78 is 92.0. The van der Waals surface area contributed by atoms with E-state index in [0.29, 0.717) is 22.3 Å². The summed E-state index contributed by atoms with van der Waals surface area (Å²) in [6.45, 7) is 0. The molecule has 0 bridgehead atoms. The van der Waals surface area contributed by atoms with E-state index in [9.17, 15) is 2.74 Å². The van der Waals surface area contributed by atoms with Gasteiger partial charge in [-0.25, -0.2) is 15.0 Å². The highest BCUT2D eigenvalue weighted by Crippen LogP contribution is 2.40. The van der Waals surface area contributed by atoms with Crippen LogP contribution in [0.5, 0.6) is 0 Å². The van der Waals surface area contributed by atoms with E-state index in [1.165, 1.54) is 0 Å². The SMILES string of the molecule is [2H]c1c(-c2nc(-c3ccccc3)nc(-c3cc(-c4ccccc4)cc4oc5ccccc5c34)n2)c([2H])c2c(oc3c4c([2H])c([2H])c([2H])c([2H])c4c([2H])c([2H])c32)c1[2H]. The van der Waals surface area contributed by atoms with Gasteiger partial charge in [0.15, 0.2) is 17.5 Å². The molecule has 0 saturated carbocycles. The summed E-state index contributed by atoms with van der Waals surface area (Å²) in [6.07, 6.45) is 0. The molecule has 10 aromatic rings. The molecule has 0 fully saturated rings. The van der Waals surface area contributed by atoms with Crippen molar-refractivity contribution in [2.75, 3.05) is 0 Å². The Morgan fingerprint density at radius 1 is 0.458 bits per heavy atom. The lowest BCUT2D eigenvalue weighted by Gasteiger charge is -2.11. The first kappa shape index (κ1) is 19.2. The Hall–Kier alpha value is -6.59. The zero-order valence-electron chi connectivity index (χ0n) is 33.9. The maximum Gasteiger partial charge on any atom is 0.164 e. The van der Waals surface area contributed by atoms with Gasteiger partial charge in [0.25, 0.3) is 0 Å². The normalized spacial score (nSPS) is 14.4. The highest BCUT2D eigenvalue weighted by atomic mass is 16.3. The van der Waals surface area contributed by atoms with Crippen molar-refractivity contribution >= 4 is 54.6 Å². The molecule has 224 valence electrons. The molecule has 0 saturated heterocycles. The zero-order chi connectivity index (χ0) is 39.4. The van der Waals surface area contributed by atoms with Crippen LogP contribution in [0.25, 0.3) is 99.9 Å². The lowest BCUT2D eigenvalue weighted by molar-refractivity contribution is 0.669. The lowest BCUT2D eigenvalue weighted by Crippen LogP contribution is -2.00. The van der Waals surface area contributed by atoms with Crippen molar-refractivity contribution in [3.8, 4) is 45.3 Å². The third-order valence-corrected chi connectivity index (χ3v) is 8.40. The first-order chi connectivity index (χ1) is 27.5. The number of rotatable bonds is 4. The average Bonchev–Trinajstić information content (AvgIpc) is 3.83. The molecule has 0 aliphatic carbocycles. The predicted molar refractivity (Wildman–Crippen MR) is 194 cm³/mol. The highest BCUT2D eigenvalue weighted by Gasteiger charge is 2.20. The topological polar surface area (TPSA) is 65.0 Å². The molecule has 0 radical (unpaired) electrons. The van der Waals surface area contributed by atoms with Crippen LogP contribution in [0.15, 0.2) is 160 Å². The molecule has 7 aromatic carbocycles. The van der Waals surface area contributed by atoms with E-state index >= 15 is 0 Å². The van der Waals surface area contributed by atoms with Crippen LogP contribution in [-0.2, 0) is 0 Å². The van der Waals surface area contributed by atoms with Crippen LogP contribution >= 0.6 is 0 Å². The van der Waals surface area contributed by atoms with E-state index < -0.39 is 48.3 Å². The van der Waals surface area contributed by atoms with Gasteiger partial charge < -0.3 is 8.83 Å². The number of hydrogen-bond donors (Lipinski definition) is 0. The van der Waals surface area contributed by atoms with Crippen LogP contribution in [0.1, 0.15) is 12.3 Å². The summed E-state index contributed by atoms with van der Waals surface area (Å²) in [7, 11) is 0. The number of benzene rings is 7. The minimum Gasteiger partial charge on any atom is -0.456 e. The van der Waals surface area contributed by atoms with Crippen molar-refractivity contribution in [3.05, 3.63) is 151 Å². The van der Waals surface area contributed by atoms with E-state index in [0.717, 1.165) is 21.9 Å². The fourth-order valence-electron chi connectivity index (χ4n) is 6.18. The Kier molecular flexibility index (Phi) is 4.18. The largest absolute Gasteiger partial charge is 0.456 e. The smallest absolute Gasteiger partial charge is 0.164 e. The second-order valence-corrected chi connectivity index (χ2v) is 11.3. The second kappa shape index (κ2) is 10.5. The van der Waals surface area contributed by atoms with Gasteiger partial charge in [0, 0.05) is 43.6 Å². The number of fused-ring (bicyclic) bond motifs is 8. The van der Waals surface area contributed by atoms with E-state index in [-0.39, 0.29) is 61.8 Å². The molecule has 0 aliphatic rings. The molecular formula is C43H25N3O2. The molecule has 0 spiro atoms. The summed E-state index contributed by atoms with van der Waals surface area (Å²) in [4.78, 5) is 14.7. The number of aromatic nitrogens is 3. The summed E-state index contributed by atoms with van der Waals surface area (Å²) in [5.74, 6) is 0.359. The van der Waals surface area contributed by atoms with Crippen LogP contribution in [-0.4, -0.2) is 15.0 Å². The number of hydrogen-bond acceptors (Lipinski definition) is 5. The Labute approximate surface area is 287 Å². The van der Waals surface area contributed by atoms with Crippen LogP contribution in [0.4, 0.5) is 0 Å². The van der Waals surface area contributed by atoms with Gasteiger partial charge in [-0.15, -0.1) is 0 Å². The molecule has 0 atom stereocenters. The quantitative estimate of drug-likeness (QED) is 0.195. The van der Waals surface area contributed by atoms with Gasteiger partial charge in [-0.3, -0.25) is 0 Å². The first-order valence-electron chi connectivity index (χ1n) is 19.7. The van der Waals surface area contributed by atoms with Crippen molar-refractivity contribution in [1.82, 2.24) is 15.0 Å². The molecule has 3 aromatic heterocycles. The van der Waals surface area contributed by atoms with Crippen molar-refractivity contribution < 1.29 is 21.2 Å². The molecule has 0 N–H and O–H groups in total. The lowest BCUT2D eigenvalue weighted by atomic mass is 9.98. The zero-order valence-corrected chi connectivity index (χ0v) is 24.9. The maximum absolute atomic E-state index is 9.60. The summed E-state index contributed by atoms with van der Waals surface area (Å²) in [5.41, 5.74) is 3.67. The minimum atomic E-state index is -0.566. The van der Waals surface area contributed by atoms with E-state index in [1.807, 2.05) is 97.1 Å². The number of nitrogens with zero attached hydrogens (tertiary/aromatic N) is 3. The summed E-state index contributed by atoms with van der Waals surface area (Å²) in [5, 5.41) is 1.04. The number of para-hydroxylation sites is 1. The monoisotopic (exact) mass is 624 g/mol. The van der Waals surface area contributed by atoms with Crippen molar-refractivity contribution in [2.24, 2.45) is 0 Å². The molecule has 10 rings (SSSR count). The predicted octanol–water partition coefficient (Wildman–Crippen LogP) is 11.5. The highest BCUT2D eigenvalue weighted by molar-refractivity contribution is 6.16. The first-order valence-corrected chi connectivity index (χ1v) is 15.2. The molecule has 5 nitrogen and oxygen atoms in total. The van der Waals surface area contributed by atoms with Gasteiger partial charge in [-0.2, -0.15) is 0 Å². The minimum absolute atomic E-state index is 0.0775. The molecule has 0 aliphatic heterocycles. The fraction of sp³-hybridized carbons (Fsp3) is 0. The Balaban J connectivity index is 1.32. The van der Waals surface area contributed by atoms with Crippen LogP contribution in [0.2, 0.25) is 0 Å². The van der Waals surface area contributed by atoms with Gasteiger partial charge in [0.1, 0.15) is 22.3 Å². The van der Waals surface area contributed by atoms with E-state index in [1.54, 1.807) is 0 Å². The van der Waals surface area contributed by atoms with Crippen LogP contribution < -0.4 is 0 Å². The van der Waals surface area contributed by atoms with Gasteiger partial charge in [0.05, 0.1) is 12.3 Å². The molecule has 5 heteroatoms. The van der Waals surface area contributed by atoms with E-state index in [2.05, 4.69) is 0 Å². The molecule has 0 unspecified atom stereocenters. The fourth-order valence-corrected chi connectivity index (χ4v) is 6.18. The molecular weight excluding hydrogens is 590 g/mol. The van der Waals surface area contributed by atoms with Crippen LogP contribution in [0.3, 0.4) is 0 Å². The second-order valence-electron chi connectivity index (χ2n) is 11.3. The summed E-state index contributed by atoms with van der Waals surface area (Å²) >= 11 is 0. The third-order valence-electron chi connectivity index (χ3n) is 8.40. The third kappa shape index (κ3) is 4.22. The van der Waals surface area contributed by atoms with Gasteiger partial charge in [-0.1, -0.05) is 109 Å². The van der Waals surface area contributed by atoms with E-state index in [4.69, 9.17) is 33.4 Å². The molecule has 48 heavy (non-hydrogen) atoms. The molecule has 0 amide bonds. The summed E-state index contributed by atoms with van der Waals surface area (Å²) in [6, 6.07) is 26.2. The average molecular weight is 625 g/mol. The van der Waals surface area contributed by atoms with Crippen molar-refractivity contribution in [3.63, 3.8) is 0 Å². The Morgan fingerprint density at radius 2 is 1.19 bits per heavy atom. The van der Waals surface area contributed by atoms with Crippen molar-refractivity contribution in [2.45, 2.75) is 0 Å². The van der Waals surface area contributed by atoms with Crippen LogP contribution in [0, 0.1) is 0 Å². The van der Waals surface area contributed by atoms with Gasteiger partial charge >= 0.3 is 0 Å².